The van der Waals surface area contributed by atoms with Crippen LogP contribution < -0.4 is 0 Å². The zero-order valence-electron chi connectivity index (χ0n) is 5.78. The first kappa shape index (κ1) is 8.12. The molecule has 0 aromatic heterocycles. The molecular formula is C8H7NOS. The number of aliphatic hydroxyl groups excluding tert-OH is 1. The molecule has 0 radical (unpaired) electrons. The third-order valence-electron chi connectivity index (χ3n) is 1.36. The molecule has 0 fully saturated rings. The zero-order valence-corrected chi connectivity index (χ0v) is 6.68. The number of hydrogen-bond donors (Lipinski definition) is 2. The van der Waals surface area contributed by atoms with Crippen molar-refractivity contribution in [1.29, 1.82) is 5.26 Å². The van der Waals surface area contributed by atoms with Crippen molar-refractivity contribution in [1.82, 2.24) is 0 Å². The highest BCUT2D eigenvalue weighted by Crippen LogP contribution is 2.14. The summed E-state index contributed by atoms with van der Waals surface area (Å²) in [5.74, 6) is 0. The van der Waals surface area contributed by atoms with Crippen molar-refractivity contribution in [2.75, 3.05) is 0 Å². The molecule has 0 amide bonds. The number of hydrogen-bond acceptors (Lipinski definition) is 3. The van der Waals surface area contributed by atoms with Gasteiger partial charge in [0.15, 0.2) is 0 Å². The van der Waals surface area contributed by atoms with E-state index in [2.05, 4.69) is 12.6 Å². The average Bonchev–Trinajstić information content (AvgIpc) is 2.05. The quantitative estimate of drug-likeness (QED) is 0.617. The number of nitrogens with zero attached hydrogens (tertiary/aromatic N) is 1. The second-order valence-corrected chi connectivity index (χ2v) is 2.60. The van der Waals surface area contributed by atoms with E-state index in [1.807, 2.05) is 6.07 Å². The van der Waals surface area contributed by atoms with Gasteiger partial charge in [0.1, 0.15) is 6.07 Å². The molecule has 1 aromatic carbocycles. The van der Waals surface area contributed by atoms with Crippen molar-refractivity contribution in [3.05, 3.63) is 29.3 Å². The van der Waals surface area contributed by atoms with Gasteiger partial charge in [-0.1, -0.05) is 6.07 Å². The van der Waals surface area contributed by atoms with Gasteiger partial charge in [-0.05, 0) is 17.7 Å². The Morgan fingerprint density at radius 3 is 2.82 bits per heavy atom. The molecule has 0 aliphatic heterocycles. The first-order valence-corrected chi connectivity index (χ1v) is 3.55. The minimum Gasteiger partial charge on any atom is -0.392 e. The van der Waals surface area contributed by atoms with Crippen LogP contribution in [-0.2, 0) is 6.61 Å². The Hall–Kier alpha value is -0.980. The molecule has 3 heteroatoms. The highest BCUT2D eigenvalue weighted by Gasteiger charge is 1.97. The molecule has 0 aliphatic rings. The Labute approximate surface area is 70.5 Å². The lowest BCUT2D eigenvalue weighted by atomic mass is 10.1. The topological polar surface area (TPSA) is 44.0 Å². The Balaban J connectivity index is 3.15. The van der Waals surface area contributed by atoms with Crippen molar-refractivity contribution in [2.24, 2.45) is 0 Å². The fraction of sp³-hybridized carbons (Fsp3) is 0.125. The molecule has 56 valence electrons. The molecule has 1 aromatic rings. The maximum absolute atomic E-state index is 8.71. The predicted molar refractivity (Wildman–Crippen MR) is 44.3 cm³/mol. The van der Waals surface area contributed by atoms with Crippen molar-refractivity contribution < 1.29 is 5.11 Å². The minimum atomic E-state index is -0.0390. The normalized spacial score (nSPS) is 9.18. The van der Waals surface area contributed by atoms with Crippen LogP contribution in [0.25, 0.3) is 0 Å². The summed E-state index contributed by atoms with van der Waals surface area (Å²) >= 11 is 4.06. The first-order valence-electron chi connectivity index (χ1n) is 3.11. The molecule has 0 aliphatic carbocycles. The van der Waals surface area contributed by atoms with Gasteiger partial charge in [-0.15, -0.1) is 12.6 Å². The summed E-state index contributed by atoms with van der Waals surface area (Å²) in [5, 5.41) is 17.3. The number of thiol groups is 1. The van der Waals surface area contributed by atoms with Gasteiger partial charge >= 0.3 is 0 Å². The van der Waals surface area contributed by atoms with Crippen LogP contribution in [-0.4, -0.2) is 5.11 Å². The van der Waals surface area contributed by atoms with E-state index in [0.717, 1.165) is 5.56 Å². The summed E-state index contributed by atoms with van der Waals surface area (Å²) in [4.78, 5) is 0.643. The Morgan fingerprint density at radius 2 is 2.27 bits per heavy atom. The first-order chi connectivity index (χ1) is 5.27. The lowest BCUT2D eigenvalue weighted by Crippen LogP contribution is -1.85. The number of aliphatic hydroxyl groups is 1. The van der Waals surface area contributed by atoms with E-state index in [9.17, 15) is 0 Å². The lowest BCUT2D eigenvalue weighted by molar-refractivity contribution is 0.281. The van der Waals surface area contributed by atoms with E-state index in [1.165, 1.54) is 0 Å². The molecule has 11 heavy (non-hydrogen) atoms. The van der Waals surface area contributed by atoms with Crippen LogP contribution in [0.4, 0.5) is 0 Å². The van der Waals surface area contributed by atoms with Gasteiger partial charge in [-0.3, -0.25) is 0 Å². The van der Waals surface area contributed by atoms with E-state index in [-0.39, 0.29) is 6.61 Å². The van der Waals surface area contributed by atoms with Gasteiger partial charge in [0.25, 0.3) is 0 Å². The molecule has 2 nitrogen and oxygen atoms in total. The van der Waals surface area contributed by atoms with Crippen molar-refractivity contribution in [2.45, 2.75) is 11.5 Å². The van der Waals surface area contributed by atoms with Crippen LogP contribution in [0.5, 0.6) is 0 Å². The molecule has 1 rings (SSSR count). The molecular weight excluding hydrogens is 158 g/mol. The van der Waals surface area contributed by atoms with Gasteiger partial charge in [0.05, 0.1) is 12.2 Å². The fourth-order valence-electron chi connectivity index (χ4n) is 0.771. The largest absolute Gasteiger partial charge is 0.392 e. The maximum atomic E-state index is 8.71. The summed E-state index contributed by atoms with van der Waals surface area (Å²) < 4.78 is 0. The Morgan fingerprint density at radius 1 is 1.55 bits per heavy atom. The van der Waals surface area contributed by atoms with Gasteiger partial charge in [-0.2, -0.15) is 5.26 Å². The summed E-state index contributed by atoms with van der Waals surface area (Å²) in [6, 6.07) is 7.05. The third-order valence-corrected chi connectivity index (χ3v) is 1.75. The standard InChI is InChI=1S/C8H7NOS/c9-4-7-3-6(5-10)1-2-8(7)11/h1-3,10-11H,5H2. The molecule has 0 saturated heterocycles. The van der Waals surface area contributed by atoms with Gasteiger partial charge in [-0.25, -0.2) is 0 Å². The van der Waals surface area contributed by atoms with Crippen molar-refractivity contribution >= 4 is 12.6 Å². The van der Waals surface area contributed by atoms with Gasteiger partial charge in [0.2, 0.25) is 0 Å². The third kappa shape index (κ3) is 1.73. The highest BCUT2D eigenvalue weighted by atomic mass is 32.1. The molecule has 0 unspecified atom stereocenters. The molecule has 0 spiro atoms. The average molecular weight is 165 g/mol. The van der Waals surface area contributed by atoms with Crippen LogP contribution in [0.15, 0.2) is 23.1 Å². The van der Waals surface area contributed by atoms with E-state index < -0.39 is 0 Å². The zero-order chi connectivity index (χ0) is 8.27. The van der Waals surface area contributed by atoms with E-state index in [0.29, 0.717) is 10.5 Å². The minimum absolute atomic E-state index is 0.0390. The molecule has 0 heterocycles. The highest BCUT2D eigenvalue weighted by molar-refractivity contribution is 7.80. The lowest BCUT2D eigenvalue weighted by Gasteiger charge is -1.98. The van der Waals surface area contributed by atoms with Crippen molar-refractivity contribution in [3.63, 3.8) is 0 Å². The monoisotopic (exact) mass is 165 g/mol. The van der Waals surface area contributed by atoms with Crippen LogP contribution in [0.2, 0.25) is 0 Å². The Bertz CT molecular complexity index is 303. The Kier molecular flexibility index (Phi) is 2.53. The van der Waals surface area contributed by atoms with Crippen LogP contribution >= 0.6 is 12.6 Å². The van der Waals surface area contributed by atoms with Crippen molar-refractivity contribution in [3.8, 4) is 6.07 Å². The van der Waals surface area contributed by atoms with Gasteiger partial charge < -0.3 is 5.11 Å². The van der Waals surface area contributed by atoms with Crippen LogP contribution in [0.1, 0.15) is 11.1 Å². The van der Waals surface area contributed by atoms with Crippen LogP contribution in [0.3, 0.4) is 0 Å². The number of nitriles is 1. The molecule has 0 atom stereocenters. The van der Waals surface area contributed by atoms with Crippen LogP contribution in [0, 0.1) is 11.3 Å². The summed E-state index contributed by atoms with van der Waals surface area (Å²) in [6.07, 6.45) is 0. The molecule has 0 saturated carbocycles. The second kappa shape index (κ2) is 3.42. The summed E-state index contributed by atoms with van der Waals surface area (Å²) in [5.41, 5.74) is 1.24. The van der Waals surface area contributed by atoms with Gasteiger partial charge in [0, 0.05) is 4.90 Å². The smallest absolute Gasteiger partial charge is 0.100 e. The molecule has 0 bridgehead atoms. The van der Waals surface area contributed by atoms with E-state index in [4.69, 9.17) is 10.4 Å². The maximum Gasteiger partial charge on any atom is 0.100 e. The summed E-state index contributed by atoms with van der Waals surface area (Å²) in [6.45, 7) is -0.0390. The van der Waals surface area contributed by atoms with E-state index >= 15 is 0 Å². The number of benzene rings is 1. The van der Waals surface area contributed by atoms with E-state index in [1.54, 1.807) is 18.2 Å². The summed E-state index contributed by atoms with van der Waals surface area (Å²) in [7, 11) is 0. The SMILES string of the molecule is N#Cc1cc(CO)ccc1S. The fourth-order valence-corrected chi connectivity index (χ4v) is 0.960. The number of rotatable bonds is 1. The second-order valence-electron chi connectivity index (χ2n) is 2.12. The predicted octanol–water partition coefficient (Wildman–Crippen LogP) is 1.34. The molecule has 1 N–H and O–H groups in total.